The topological polar surface area (TPSA) is 98.3 Å². The van der Waals surface area contributed by atoms with E-state index in [1.807, 2.05) is 13.8 Å². The van der Waals surface area contributed by atoms with E-state index in [0.717, 1.165) is 0 Å². The summed E-state index contributed by atoms with van der Waals surface area (Å²) in [6, 6.07) is 7.13. The van der Waals surface area contributed by atoms with Crippen molar-refractivity contribution in [3.8, 4) is 18.0 Å². The molecule has 6 heteroatoms. The first kappa shape index (κ1) is 16.3. The van der Waals surface area contributed by atoms with Gasteiger partial charge in [0.05, 0.1) is 23.8 Å². The Balaban J connectivity index is 2.32. The van der Waals surface area contributed by atoms with Gasteiger partial charge in [-0.05, 0) is 45.0 Å². The monoisotopic (exact) mass is 308 g/mol. The smallest absolute Gasteiger partial charge is 0.230 e. The molecule has 0 spiro atoms. The van der Waals surface area contributed by atoms with Gasteiger partial charge in [-0.2, -0.15) is 15.5 Å². The van der Waals surface area contributed by atoms with E-state index in [1.165, 1.54) is 0 Å². The number of nitrogens with one attached hydrogen (secondary N) is 1. The maximum Gasteiger partial charge on any atom is 0.230 e. The third kappa shape index (κ3) is 3.96. The Morgan fingerprint density at radius 3 is 2.78 bits per heavy atom. The zero-order valence-corrected chi connectivity index (χ0v) is 13.2. The minimum absolute atomic E-state index is 0.0272. The van der Waals surface area contributed by atoms with Crippen molar-refractivity contribution in [1.82, 2.24) is 5.32 Å². The normalized spacial score (nSPS) is 15.3. The Morgan fingerprint density at radius 1 is 1.39 bits per heavy atom. The van der Waals surface area contributed by atoms with E-state index in [1.54, 1.807) is 37.4 Å². The van der Waals surface area contributed by atoms with Crippen molar-refractivity contribution in [2.24, 2.45) is 4.99 Å². The van der Waals surface area contributed by atoms with Crippen LogP contribution in [-0.2, 0) is 4.79 Å². The summed E-state index contributed by atoms with van der Waals surface area (Å²) < 4.78 is 5.85. The van der Waals surface area contributed by atoms with Crippen molar-refractivity contribution in [3.63, 3.8) is 0 Å². The predicted molar refractivity (Wildman–Crippen MR) is 85.3 cm³/mol. The van der Waals surface area contributed by atoms with Gasteiger partial charge >= 0.3 is 0 Å². The summed E-state index contributed by atoms with van der Waals surface area (Å²) in [6.45, 7) is 5.37. The fourth-order valence-corrected chi connectivity index (χ4v) is 2.29. The second kappa shape index (κ2) is 6.33. The minimum atomic E-state index is -0.584. The van der Waals surface area contributed by atoms with Crippen LogP contribution in [0.1, 0.15) is 38.3 Å². The minimum Gasteiger partial charge on any atom is -0.483 e. The number of hydrogen-bond donors (Lipinski definition) is 1. The average Bonchev–Trinajstić information content (AvgIpc) is 2.45. The van der Waals surface area contributed by atoms with Crippen LogP contribution in [-0.4, -0.2) is 17.2 Å². The highest BCUT2D eigenvalue weighted by atomic mass is 16.5. The first-order chi connectivity index (χ1) is 10.8. The van der Waals surface area contributed by atoms with Crippen LogP contribution in [0.3, 0.4) is 0 Å². The van der Waals surface area contributed by atoms with Gasteiger partial charge in [-0.15, -0.1) is 0 Å². The molecule has 1 aliphatic heterocycles. The summed E-state index contributed by atoms with van der Waals surface area (Å²) in [5.41, 5.74) is 1.58. The van der Waals surface area contributed by atoms with Gasteiger partial charge < -0.3 is 10.1 Å². The molecular weight excluding hydrogens is 292 g/mol. The zero-order valence-electron chi connectivity index (χ0n) is 13.2. The molecule has 1 aliphatic rings. The van der Waals surface area contributed by atoms with Crippen molar-refractivity contribution >= 4 is 17.3 Å². The van der Waals surface area contributed by atoms with Gasteiger partial charge in [-0.25, -0.2) is 0 Å². The molecule has 1 amide bonds. The van der Waals surface area contributed by atoms with E-state index >= 15 is 0 Å². The van der Waals surface area contributed by atoms with E-state index in [2.05, 4.69) is 16.4 Å². The fourth-order valence-electron chi connectivity index (χ4n) is 2.29. The average molecular weight is 308 g/mol. The van der Waals surface area contributed by atoms with Gasteiger partial charge in [-0.1, -0.05) is 0 Å². The lowest BCUT2D eigenvalue weighted by Crippen LogP contribution is -2.34. The molecule has 0 aliphatic carbocycles. The van der Waals surface area contributed by atoms with Crippen LogP contribution in [0.5, 0.6) is 5.75 Å². The molecule has 0 atom stereocenters. The number of amides is 1. The van der Waals surface area contributed by atoms with Crippen LogP contribution in [0.4, 0.5) is 0 Å². The van der Waals surface area contributed by atoms with Crippen LogP contribution >= 0.6 is 0 Å². The first-order valence-corrected chi connectivity index (χ1v) is 7.03. The molecule has 0 aromatic heterocycles. The molecule has 0 saturated carbocycles. The number of aliphatic imine (C=N–C) groups is 1. The molecule has 1 aromatic carbocycles. The molecule has 23 heavy (non-hydrogen) atoms. The third-order valence-electron chi connectivity index (χ3n) is 3.20. The van der Waals surface area contributed by atoms with Crippen LogP contribution < -0.4 is 10.1 Å². The summed E-state index contributed by atoms with van der Waals surface area (Å²) in [5, 5.41) is 20.4. The van der Waals surface area contributed by atoms with E-state index in [9.17, 15) is 4.79 Å². The van der Waals surface area contributed by atoms with E-state index < -0.39 is 5.60 Å². The van der Waals surface area contributed by atoms with Crippen molar-refractivity contribution in [1.29, 1.82) is 10.5 Å². The van der Waals surface area contributed by atoms with Crippen molar-refractivity contribution in [3.05, 3.63) is 35.4 Å². The number of nitriles is 2. The lowest BCUT2D eigenvalue weighted by molar-refractivity contribution is -0.118. The molecule has 1 heterocycles. The van der Waals surface area contributed by atoms with Crippen molar-refractivity contribution < 1.29 is 9.53 Å². The maximum atomic E-state index is 12.1. The number of nitrogens with zero attached hydrogens (tertiary/aromatic N) is 3. The highest BCUT2D eigenvalue weighted by molar-refractivity contribution is 6.03. The van der Waals surface area contributed by atoms with E-state index in [-0.39, 0.29) is 12.3 Å². The van der Waals surface area contributed by atoms with Crippen LogP contribution in [0.25, 0.3) is 5.70 Å². The van der Waals surface area contributed by atoms with Gasteiger partial charge in [0, 0.05) is 11.3 Å². The molecule has 1 aromatic rings. The summed E-state index contributed by atoms with van der Waals surface area (Å²) in [6.07, 6.45) is 3.48. The largest absolute Gasteiger partial charge is 0.483 e. The van der Waals surface area contributed by atoms with Crippen LogP contribution in [0.2, 0.25) is 0 Å². The van der Waals surface area contributed by atoms with E-state index in [0.29, 0.717) is 28.3 Å². The molecule has 0 fully saturated rings. The Hall–Kier alpha value is -3.12. The lowest BCUT2D eigenvalue weighted by Gasteiger charge is -2.31. The molecule has 0 radical (unpaired) electrons. The van der Waals surface area contributed by atoms with Gasteiger partial charge in [0.25, 0.3) is 0 Å². The summed E-state index contributed by atoms with van der Waals surface area (Å²) in [7, 11) is 0. The number of hydrogen-bond acceptors (Lipinski definition) is 5. The number of ether oxygens (including phenoxy) is 1. The molecular formula is C17H16N4O2. The Kier molecular flexibility index (Phi) is 4.47. The van der Waals surface area contributed by atoms with Crippen LogP contribution in [0.15, 0.2) is 29.3 Å². The number of carbonyl (C=O) groups excluding carboxylic acids is 1. The molecule has 6 nitrogen and oxygen atoms in total. The molecule has 0 bridgehead atoms. The van der Waals surface area contributed by atoms with Crippen molar-refractivity contribution in [2.45, 2.75) is 32.8 Å². The Labute approximate surface area is 134 Å². The summed E-state index contributed by atoms with van der Waals surface area (Å²) >= 11 is 0. The maximum absolute atomic E-state index is 12.1. The Bertz CT molecular complexity index is 792. The third-order valence-corrected chi connectivity index (χ3v) is 3.20. The number of benzene rings is 1. The molecule has 1 N–H and O–H groups in total. The van der Waals surface area contributed by atoms with Crippen LogP contribution in [0, 0.1) is 22.8 Å². The predicted octanol–water partition coefficient (Wildman–Crippen LogP) is 2.52. The van der Waals surface area contributed by atoms with Gasteiger partial charge in [0.2, 0.25) is 12.1 Å². The number of fused-ring (bicyclic) bond motifs is 1. The first-order valence-electron chi connectivity index (χ1n) is 7.03. The number of carbonyl (C=O) groups is 1. The Morgan fingerprint density at radius 2 is 2.13 bits per heavy atom. The standard InChI is InChI=1S/C17H16N4O2/c1-11(20-10-19)6-16(22)21-14-8-17(2,3)23-15-5-4-12(9-18)7-13(14)15/h4-5,7-8H,6H2,1-3H3,(H,21,22). The highest BCUT2D eigenvalue weighted by Crippen LogP contribution is 2.35. The zero-order chi connectivity index (χ0) is 17.0. The quantitative estimate of drug-likeness (QED) is 0.685. The second-order valence-corrected chi connectivity index (χ2v) is 5.76. The second-order valence-electron chi connectivity index (χ2n) is 5.76. The molecule has 2 rings (SSSR count). The highest BCUT2D eigenvalue weighted by Gasteiger charge is 2.27. The summed E-state index contributed by atoms with van der Waals surface area (Å²) in [5.74, 6) is 0.327. The molecule has 0 saturated heterocycles. The summed E-state index contributed by atoms with van der Waals surface area (Å²) in [4.78, 5) is 15.7. The van der Waals surface area contributed by atoms with Gasteiger partial charge in [0.1, 0.15) is 11.4 Å². The fraction of sp³-hybridized carbons (Fsp3) is 0.294. The lowest BCUT2D eigenvalue weighted by atomic mass is 9.97. The van der Waals surface area contributed by atoms with Gasteiger partial charge in [-0.3, -0.25) is 4.79 Å². The number of rotatable bonds is 3. The van der Waals surface area contributed by atoms with Crippen molar-refractivity contribution in [2.75, 3.05) is 0 Å². The molecule has 0 unspecified atom stereocenters. The SMILES string of the molecule is CC(CC(=O)NC1=CC(C)(C)Oc2ccc(C#N)cc21)=NC#N. The van der Waals surface area contributed by atoms with E-state index in [4.69, 9.17) is 15.3 Å². The van der Waals surface area contributed by atoms with Gasteiger partial charge in [0.15, 0.2) is 0 Å². The molecule has 116 valence electrons.